The van der Waals surface area contributed by atoms with Crippen LogP contribution in [0.3, 0.4) is 0 Å². The van der Waals surface area contributed by atoms with E-state index in [0.29, 0.717) is 24.0 Å². The molecule has 0 bridgehead atoms. The summed E-state index contributed by atoms with van der Waals surface area (Å²) in [7, 11) is 0. The van der Waals surface area contributed by atoms with Gasteiger partial charge in [0, 0.05) is 22.4 Å². The second kappa shape index (κ2) is 7.84. The maximum absolute atomic E-state index is 12.4. The van der Waals surface area contributed by atoms with E-state index in [-0.39, 0.29) is 11.8 Å². The van der Waals surface area contributed by atoms with Gasteiger partial charge in [-0.1, -0.05) is 29.8 Å². The molecule has 0 radical (unpaired) electrons. The predicted octanol–water partition coefficient (Wildman–Crippen LogP) is 4.48. The van der Waals surface area contributed by atoms with Crippen LogP contribution in [0.5, 0.6) is 0 Å². The van der Waals surface area contributed by atoms with Crippen LogP contribution in [0, 0.1) is 5.92 Å². The van der Waals surface area contributed by atoms with E-state index in [1.165, 1.54) is 0 Å². The Bertz CT molecular complexity index is 889. The fraction of sp³-hybridized carbons (Fsp3) is 0.364. The van der Waals surface area contributed by atoms with Gasteiger partial charge in [-0.2, -0.15) is 0 Å². The molecule has 1 heterocycles. The highest BCUT2D eigenvalue weighted by Crippen LogP contribution is 2.33. The normalized spacial score (nSPS) is 21.5. The number of benzene rings is 2. The van der Waals surface area contributed by atoms with E-state index in [2.05, 4.69) is 5.32 Å². The van der Waals surface area contributed by atoms with Crippen LogP contribution in [0.1, 0.15) is 36.8 Å². The van der Waals surface area contributed by atoms with Gasteiger partial charge in [0.15, 0.2) is 0 Å². The fourth-order valence-corrected chi connectivity index (χ4v) is 4.28. The molecule has 2 aliphatic rings. The first-order chi connectivity index (χ1) is 13.5. The molecule has 2 N–H and O–H groups in total. The van der Waals surface area contributed by atoms with Crippen LogP contribution in [0.25, 0.3) is 0 Å². The molecule has 4 rings (SSSR count). The van der Waals surface area contributed by atoms with Crippen molar-refractivity contribution in [2.45, 2.75) is 44.7 Å². The Morgan fingerprint density at radius 3 is 2.50 bits per heavy atom. The van der Waals surface area contributed by atoms with E-state index in [9.17, 15) is 9.59 Å². The van der Waals surface area contributed by atoms with Gasteiger partial charge in [-0.3, -0.25) is 9.59 Å². The Labute approximate surface area is 169 Å². The van der Waals surface area contributed by atoms with Gasteiger partial charge in [0.2, 0.25) is 5.91 Å². The molecule has 28 heavy (non-hydrogen) atoms. The van der Waals surface area contributed by atoms with Crippen molar-refractivity contribution in [1.29, 1.82) is 0 Å². The number of carboxylic acid groups (broad SMARTS) is 1. The lowest BCUT2D eigenvalue weighted by molar-refractivity contribution is -0.142. The second-order valence-electron chi connectivity index (χ2n) is 7.66. The summed E-state index contributed by atoms with van der Waals surface area (Å²) in [6.07, 6.45) is 3.62. The average molecular weight is 399 g/mol. The minimum atomic E-state index is -0.679. The summed E-state index contributed by atoms with van der Waals surface area (Å²) in [5, 5.41) is 13.2. The number of hydrogen-bond donors (Lipinski definition) is 2. The van der Waals surface area contributed by atoms with Gasteiger partial charge in [-0.25, -0.2) is 0 Å². The monoisotopic (exact) mass is 398 g/mol. The van der Waals surface area contributed by atoms with Crippen LogP contribution < -0.4 is 10.2 Å². The quantitative estimate of drug-likeness (QED) is 0.778. The summed E-state index contributed by atoms with van der Waals surface area (Å²) < 4.78 is 0. The van der Waals surface area contributed by atoms with Gasteiger partial charge in [-0.15, -0.1) is 0 Å². The maximum atomic E-state index is 12.4. The number of halogens is 1. The molecule has 0 saturated heterocycles. The van der Waals surface area contributed by atoms with Crippen LogP contribution in [0.4, 0.5) is 11.4 Å². The van der Waals surface area contributed by atoms with Crippen LogP contribution in [-0.4, -0.2) is 23.0 Å². The van der Waals surface area contributed by atoms with Gasteiger partial charge in [-0.05, 0) is 61.1 Å². The van der Waals surface area contributed by atoms with E-state index in [1.54, 1.807) is 4.90 Å². The zero-order valence-electron chi connectivity index (χ0n) is 15.5. The van der Waals surface area contributed by atoms with Gasteiger partial charge in [0.05, 0.1) is 18.9 Å². The zero-order valence-corrected chi connectivity index (χ0v) is 16.3. The van der Waals surface area contributed by atoms with Crippen molar-refractivity contribution in [1.82, 2.24) is 0 Å². The molecule has 1 amide bonds. The van der Waals surface area contributed by atoms with E-state index < -0.39 is 5.97 Å². The molecule has 2 aromatic rings. The number of rotatable bonds is 5. The highest BCUT2D eigenvalue weighted by molar-refractivity contribution is 6.31. The first-order valence-corrected chi connectivity index (χ1v) is 10.0. The van der Waals surface area contributed by atoms with E-state index in [1.807, 2.05) is 42.5 Å². The van der Waals surface area contributed by atoms with Crippen LogP contribution in [0.2, 0.25) is 5.02 Å². The summed E-state index contributed by atoms with van der Waals surface area (Å²) in [4.78, 5) is 25.2. The summed E-state index contributed by atoms with van der Waals surface area (Å²) in [6.45, 7) is 0.524. The van der Waals surface area contributed by atoms with Crippen molar-refractivity contribution in [2.24, 2.45) is 5.92 Å². The summed E-state index contributed by atoms with van der Waals surface area (Å²) in [5.74, 6) is -0.786. The third-order valence-electron chi connectivity index (χ3n) is 5.72. The number of hydrogen-bond acceptors (Lipinski definition) is 3. The Morgan fingerprint density at radius 2 is 1.82 bits per heavy atom. The highest BCUT2D eigenvalue weighted by atomic mass is 35.5. The molecule has 0 atom stereocenters. The van der Waals surface area contributed by atoms with Gasteiger partial charge in [0.25, 0.3) is 0 Å². The lowest BCUT2D eigenvalue weighted by atomic mass is 9.86. The highest BCUT2D eigenvalue weighted by Gasteiger charge is 2.28. The van der Waals surface area contributed by atoms with E-state index >= 15 is 0 Å². The number of carbonyl (C=O) groups excluding carboxylic acids is 1. The van der Waals surface area contributed by atoms with Gasteiger partial charge >= 0.3 is 5.97 Å². The molecule has 6 heteroatoms. The molecule has 1 aliphatic heterocycles. The molecular weight excluding hydrogens is 376 g/mol. The Kier molecular flexibility index (Phi) is 5.27. The molecule has 2 aromatic carbocycles. The lowest BCUT2D eigenvalue weighted by Crippen LogP contribution is -2.29. The van der Waals surface area contributed by atoms with Crippen molar-refractivity contribution in [3.63, 3.8) is 0 Å². The van der Waals surface area contributed by atoms with E-state index in [0.717, 1.165) is 48.2 Å². The van der Waals surface area contributed by atoms with Crippen LogP contribution in [-0.2, 0) is 22.6 Å². The average Bonchev–Trinajstić information content (AvgIpc) is 2.98. The SMILES string of the molecule is O=C(O)C1CCC(Nc2ccc(CN3C(=O)Cc4ccc(Cl)cc43)cc2)CC1. The third kappa shape index (κ3) is 3.99. The van der Waals surface area contributed by atoms with Crippen LogP contribution in [0.15, 0.2) is 42.5 Å². The number of anilines is 2. The molecule has 5 nitrogen and oxygen atoms in total. The number of amides is 1. The summed E-state index contributed by atoms with van der Waals surface area (Å²) >= 11 is 6.10. The lowest BCUT2D eigenvalue weighted by Gasteiger charge is -2.27. The minimum absolute atomic E-state index is 0.0923. The van der Waals surface area contributed by atoms with Crippen molar-refractivity contribution in [3.05, 3.63) is 58.6 Å². The molecule has 146 valence electrons. The Balaban J connectivity index is 1.38. The molecule has 0 spiro atoms. The van der Waals surface area contributed by atoms with Gasteiger partial charge in [0.1, 0.15) is 0 Å². The minimum Gasteiger partial charge on any atom is -0.481 e. The van der Waals surface area contributed by atoms with Crippen LogP contribution >= 0.6 is 11.6 Å². The first-order valence-electron chi connectivity index (χ1n) is 9.66. The van der Waals surface area contributed by atoms with Crippen molar-refractivity contribution in [3.8, 4) is 0 Å². The Morgan fingerprint density at radius 1 is 1.11 bits per heavy atom. The Hall–Kier alpha value is -2.53. The standard InChI is InChI=1S/C22H23ClN2O3/c23-17-6-3-16-11-21(26)25(20(16)12-17)13-14-1-7-18(8-2-14)24-19-9-4-15(5-10-19)22(27)28/h1-3,6-8,12,15,19,24H,4-5,9-11,13H2,(H,27,28). The first kappa shape index (κ1) is 18.8. The molecule has 0 unspecified atom stereocenters. The predicted molar refractivity (Wildman–Crippen MR) is 110 cm³/mol. The number of carbonyl (C=O) groups is 2. The third-order valence-corrected chi connectivity index (χ3v) is 5.96. The van der Waals surface area contributed by atoms with Crippen molar-refractivity contribution >= 4 is 34.9 Å². The van der Waals surface area contributed by atoms with Crippen molar-refractivity contribution < 1.29 is 14.7 Å². The smallest absolute Gasteiger partial charge is 0.306 e. The molecule has 1 saturated carbocycles. The number of carboxylic acids is 1. The van der Waals surface area contributed by atoms with E-state index in [4.69, 9.17) is 16.7 Å². The zero-order chi connectivity index (χ0) is 19.7. The molecular formula is C22H23ClN2O3. The number of aliphatic carboxylic acids is 1. The number of fused-ring (bicyclic) bond motifs is 1. The summed E-state index contributed by atoms with van der Waals surface area (Å²) in [6, 6.07) is 14.0. The topological polar surface area (TPSA) is 69.6 Å². The fourth-order valence-electron chi connectivity index (χ4n) is 4.11. The van der Waals surface area contributed by atoms with Crippen molar-refractivity contribution in [2.75, 3.05) is 10.2 Å². The summed E-state index contributed by atoms with van der Waals surface area (Å²) in [5.41, 5.74) is 4.00. The maximum Gasteiger partial charge on any atom is 0.306 e. The number of nitrogens with one attached hydrogen (secondary N) is 1. The largest absolute Gasteiger partial charge is 0.481 e. The molecule has 1 fully saturated rings. The molecule has 0 aromatic heterocycles. The second-order valence-corrected chi connectivity index (χ2v) is 8.09. The van der Waals surface area contributed by atoms with Gasteiger partial charge < -0.3 is 15.3 Å². The number of nitrogens with zero attached hydrogens (tertiary/aromatic N) is 1. The molecule has 1 aliphatic carbocycles.